The normalized spacial score (nSPS) is 27.7. The number of aliphatic hydroxyl groups excluding tert-OH is 1. The smallest absolute Gasteiger partial charge is 0.251 e. The number of amides is 2. The average molecular weight is 317 g/mol. The molecule has 1 aromatic carbocycles. The number of nitrogens with zero attached hydrogens (tertiary/aromatic N) is 1. The Hall–Kier alpha value is -1.92. The van der Waals surface area contributed by atoms with Crippen LogP contribution in [0.15, 0.2) is 30.3 Å². The molecule has 2 heterocycles. The zero-order valence-corrected chi connectivity index (χ0v) is 13.1. The molecule has 2 saturated heterocycles. The summed E-state index contributed by atoms with van der Waals surface area (Å²) in [6.07, 6.45) is 1.78. The van der Waals surface area contributed by atoms with E-state index in [1.54, 1.807) is 17.0 Å². The molecule has 0 aliphatic carbocycles. The van der Waals surface area contributed by atoms with Gasteiger partial charge in [0.05, 0.1) is 12.1 Å². The molecule has 0 radical (unpaired) electrons. The Morgan fingerprint density at radius 3 is 2.74 bits per heavy atom. The highest BCUT2D eigenvalue weighted by Crippen LogP contribution is 2.16. The molecular weight excluding hydrogens is 294 g/mol. The SMILES string of the molecule is O=C(NC1CCCN(C(=O)[C@@H]2C[C@@H](O)CN2)C1)c1ccccc1. The second-order valence-corrected chi connectivity index (χ2v) is 6.31. The van der Waals surface area contributed by atoms with E-state index < -0.39 is 6.10 Å². The van der Waals surface area contributed by atoms with Crippen molar-refractivity contribution in [2.75, 3.05) is 19.6 Å². The Bertz CT molecular complexity index is 563. The Morgan fingerprint density at radius 1 is 1.26 bits per heavy atom. The molecule has 2 amide bonds. The molecule has 3 rings (SSSR count). The number of β-amino-alcohol motifs (C(OH)–C–C–N with tert-alkyl or cyclic N) is 1. The molecule has 0 aromatic heterocycles. The minimum atomic E-state index is -0.442. The number of rotatable bonds is 3. The molecule has 0 bridgehead atoms. The van der Waals surface area contributed by atoms with E-state index in [-0.39, 0.29) is 23.9 Å². The van der Waals surface area contributed by atoms with Crippen molar-refractivity contribution in [1.29, 1.82) is 0 Å². The molecule has 6 heteroatoms. The molecule has 3 N–H and O–H groups in total. The maximum absolute atomic E-state index is 12.5. The van der Waals surface area contributed by atoms with Crippen molar-refractivity contribution in [1.82, 2.24) is 15.5 Å². The summed E-state index contributed by atoms with van der Waals surface area (Å²) in [5.74, 6) is -0.0699. The van der Waals surface area contributed by atoms with E-state index in [0.717, 1.165) is 12.8 Å². The molecule has 124 valence electrons. The lowest BCUT2D eigenvalue weighted by Gasteiger charge is -2.34. The zero-order valence-electron chi connectivity index (χ0n) is 13.1. The molecule has 2 aliphatic rings. The predicted octanol–water partition coefficient (Wildman–Crippen LogP) is 0.130. The van der Waals surface area contributed by atoms with Crippen molar-refractivity contribution < 1.29 is 14.7 Å². The first kappa shape index (κ1) is 16.0. The van der Waals surface area contributed by atoms with Gasteiger partial charge in [-0.1, -0.05) is 18.2 Å². The number of hydrogen-bond donors (Lipinski definition) is 3. The van der Waals surface area contributed by atoms with E-state index in [0.29, 0.717) is 31.6 Å². The maximum Gasteiger partial charge on any atom is 0.251 e. The largest absolute Gasteiger partial charge is 0.392 e. The van der Waals surface area contributed by atoms with E-state index in [2.05, 4.69) is 10.6 Å². The predicted molar refractivity (Wildman–Crippen MR) is 85.9 cm³/mol. The fraction of sp³-hybridized carbons (Fsp3) is 0.529. The average Bonchev–Trinajstić information content (AvgIpc) is 3.01. The van der Waals surface area contributed by atoms with Gasteiger partial charge < -0.3 is 20.6 Å². The highest BCUT2D eigenvalue weighted by molar-refractivity contribution is 5.94. The number of nitrogens with one attached hydrogen (secondary N) is 2. The molecule has 3 atom stereocenters. The van der Waals surface area contributed by atoms with Gasteiger partial charge in [-0.3, -0.25) is 9.59 Å². The van der Waals surface area contributed by atoms with E-state index in [1.165, 1.54) is 0 Å². The van der Waals surface area contributed by atoms with Crippen LogP contribution in [0.25, 0.3) is 0 Å². The van der Waals surface area contributed by atoms with Crippen LogP contribution in [0.3, 0.4) is 0 Å². The summed E-state index contributed by atoms with van der Waals surface area (Å²) in [5, 5.41) is 15.6. The van der Waals surface area contributed by atoms with Crippen LogP contribution in [0.1, 0.15) is 29.6 Å². The van der Waals surface area contributed by atoms with Gasteiger partial charge in [0.2, 0.25) is 5.91 Å². The third-order valence-corrected chi connectivity index (χ3v) is 4.51. The molecule has 6 nitrogen and oxygen atoms in total. The van der Waals surface area contributed by atoms with Gasteiger partial charge in [0.15, 0.2) is 0 Å². The van der Waals surface area contributed by atoms with Crippen LogP contribution in [-0.4, -0.2) is 59.6 Å². The van der Waals surface area contributed by atoms with Gasteiger partial charge >= 0.3 is 0 Å². The zero-order chi connectivity index (χ0) is 16.2. The summed E-state index contributed by atoms with van der Waals surface area (Å²) < 4.78 is 0. The fourth-order valence-electron chi connectivity index (χ4n) is 3.28. The van der Waals surface area contributed by atoms with Crippen molar-refractivity contribution in [3.05, 3.63) is 35.9 Å². The second-order valence-electron chi connectivity index (χ2n) is 6.31. The number of benzene rings is 1. The van der Waals surface area contributed by atoms with Crippen LogP contribution in [0.5, 0.6) is 0 Å². The number of piperidine rings is 1. The highest BCUT2D eigenvalue weighted by atomic mass is 16.3. The van der Waals surface area contributed by atoms with Crippen molar-refractivity contribution in [2.45, 2.75) is 37.5 Å². The van der Waals surface area contributed by atoms with Crippen LogP contribution >= 0.6 is 0 Å². The summed E-state index contributed by atoms with van der Waals surface area (Å²) in [4.78, 5) is 26.5. The van der Waals surface area contributed by atoms with Crippen molar-refractivity contribution in [3.8, 4) is 0 Å². The monoisotopic (exact) mass is 317 g/mol. The van der Waals surface area contributed by atoms with E-state index in [4.69, 9.17) is 0 Å². The number of carbonyl (C=O) groups is 2. The Morgan fingerprint density at radius 2 is 2.04 bits per heavy atom. The third-order valence-electron chi connectivity index (χ3n) is 4.51. The van der Waals surface area contributed by atoms with Crippen molar-refractivity contribution in [2.24, 2.45) is 0 Å². The Labute approximate surface area is 135 Å². The molecule has 1 aromatic rings. The Kier molecular flexibility index (Phi) is 4.93. The topological polar surface area (TPSA) is 81.7 Å². The molecule has 2 fully saturated rings. The van der Waals surface area contributed by atoms with Gasteiger partial charge in [0.1, 0.15) is 0 Å². The van der Waals surface area contributed by atoms with Gasteiger partial charge in [-0.2, -0.15) is 0 Å². The lowest BCUT2D eigenvalue weighted by molar-refractivity contribution is -0.134. The van der Waals surface area contributed by atoms with Crippen molar-refractivity contribution >= 4 is 11.8 Å². The lowest BCUT2D eigenvalue weighted by Crippen LogP contribution is -2.53. The first-order valence-electron chi connectivity index (χ1n) is 8.19. The first-order chi connectivity index (χ1) is 11.1. The highest BCUT2D eigenvalue weighted by Gasteiger charge is 2.33. The molecule has 23 heavy (non-hydrogen) atoms. The van der Waals surface area contributed by atoms with Crippen LogP contribution in [0.2, 0.25) is 0 Å². The van der Waals surface area contributed by atoms with Gasteiger partial charge in [-0.15, -0.1) is 0 Å². The van der Waals surface area contributed by atoms with E-state index >= 15 is 0 Å². The summed E-state index contributed by atoms with van der Waals surface area (Å²) in [6, 6.07) is 8.79. The van der Waals surface area contributed by atoms with Gasteiger partial charge in [0.25, 0.3) is 5.91 Å². The van der Waals surface area contributed by atoms with Gasteiger partial charge in [0, 0.05) is 31.2 Å². The minimum absolute atomic E-state index is 0.0215. The quantitative estimate of drug-likeness (QED) is 0.740. The molecule has 2 aliphatic heterocycles. The Balaban J connectivity index is 1.56. The standard InChI is InChI=1S/C17H23N3O3/c21-14-9-15(18-10-14)17(23)20-8-4-7-13(11-20)19-16(22)12-5-2-1-3-6-12/h1-3,5-6,13-15,18,21H,4,7-11H2,(H,19,22)/t13?,14-,15+/m1/s1. The summed E-state index contributed by atoms with van der Waals surface area (Å²) in [5.41, 5.74) is 0.636. The summed E-state index contributed by atoms with van der Waals surface area (Å²) >= 11 is 0. The third kappa shape index (κ3) is 3.89. The molecule has 0 saturated carbocycles. The van der Waals surface area contributed by atoms with E-state index in [9.17, 15) is 14.7 Å². The van der Waals surface area contributed by atoms with Gasteiger partial charge in [-0.25, -0.2) is 0 Å². The summed E-state index contributed by atoms with van der Waals surface area (Å²) in [7, 11) is 0. The lowest BCUT2D eigenvalue weighted by atomic mass is 10.0. The van der Waals surface area contributed by atoms with Crippen LogP contribution in [0.4, 0.5) is 0 Å². The van der Waals surface area contributed by atoms with E-state index in [1.807, 2.05) is 18.2 Å². The van der Waals surface area contributed by atoms with Gasteiger partial charge in [-0.05, 0) is 31.4 Å². The fourth-order valence-corrected chi connectivity index (χ4v) is 3.28. The number of carbonyl (C=O) groups excluding carboxylic acids is 2. The molecule has 0 spiro atoms. The van der Waals surface area contributed by atoms with Crippen molar-refractivity contribution in [3.63, 3.8) is 0 Å². The number of hydrogen-bond acceptors (Lipinski definition) is 4. The minimum Gasteiger partial charge on any atom is -0.392 e. The van der Waals surface area contributed by atoms with Crippen LogP contribution in [-0.2, 0) is 4.79 Å². The van der Waals surface area contributed by atoms with Crippen LogP contribution in [0, 0.1) is 0 Å². The molecule has 1 unspecified atom stereocenters. The van der Waals surface area contributed by atoms with Crippen LogP contribution < -0.4 is 10.6 Å². The number of aliphatic hydroxyl groups is 1. The second kappa shape index (κ2) is 7.10. The number of likely N-dealkylation sites (tertiary alicyclic amines) is 1. The first-order valence-corrected chi connectivity index (χ1v) is 8.19. The molecular formula is C17H23N3O3. The summed E-state index contributed by atoms with van der Waals surface area (Å²) in [6.45, 7) is 1.72. The maximum atomic E-state index is 12.5.